The number of likely N-dealkylation sites (N-methyl/N-ethyl adjacent to an activating group) is 1. The SMILES string of the molecule is CCN(CCOC)c1cccc(Cl)c1[N+](=O)[O-]. The first-order valence-electron chi connectivity index (χ1n) is 5.28. The van der Waals surface area contributed by atoms with E-state index in [0.717, 1.165) is 0 Å². The number of rotatable bonds is 6. The zero-order chi connectivity index (χ0) is 12.8. The van der Waals surface area contributed by atoms with Crippen molar-refractivity contribution in [1.29, 1.82) is 0 Å². The van der Waals surface area contributed by atoms with Gasteiger partial charge in [-0.05, 0) is 19.1 Å². The molecule has 0 N–H and O–H groups in total. The lowest BCUT2D eigenvalue weighted by molar-refractivity contribution is -0.384. The summed E-state index contributed by atoms with van der Waals surface area (Å²) in [6.07, 6.45) is 0. The van der Waals surface area contributed by atoms with Crippen LogP contribution in [0.25, 0.3) is 0 Å². The molecule has 1 rings (SSSR count). The third kappa shape index (κ3) is 3.31. The van der Waals surface area contributed by atoms with E-state index in [2.05, 4.69) is 0 Å². The lowest BCUT2D eigenvalue weighted by Crippen LogP contribution is -2.27. The van der Waals surface area contributed by atoms with E-state index in [0.29, 0.717) is 25.4 Å². The van der Waals surface area contributed by atoms with E-state index >= 15 is 0 Å². The fourth-order valence-electron chi connectivity index (χ4n) is 1.59. The van der Waals surface area contributed by atoms with Gasteiger partial charge in [0, 0.05) is 20.2 Å². The topological polar surface area (TPSA) is 55.6 Å². The molecule has 1 aromatic rings. The maximum absolute atomic E-state index is 11.0. The molecule has 94 valence electrons. The maximum Gasteiger partial charge on any atom is 0.310 e. The van der Waals surface area contributed by atoms with Crippen LogP contribution in [0.2, 0.25) is 5.02 Å². The molecule has 5 nitrogen and oxygen atoms in total. The summed E-state index contributed by atoms with van der Waals surface area (Å²) in [7, 11) is 1.60. The monoisotopic (exact) mass is 258 g/mol. The van der Waals surface area contributed by atoms with Gasteiger partial charge in [0.2, 0.25) is 0 Å². The highest BCUT2D eigenvalue weighted by molar-refractivity contribution is 6.33. The number of nitro groups is 1. The number of nitrogens with zero attached hydrogens (tertiary/aromatic N) is 2. The lowest BCUT2D eigenvalue weighted by atomic mass is 10.2. The minimum atomic E-state index is -0.451. The van der Waals surface area contributed by atoms with Crippen molar-refractivity contribution < 1.29 is 9.66 Å². The fourth-order valence-corrected chi connectivity index (χ4v) is 1.83. The average molecular weight is 259 g/mol. The smallest absolute Gasteiger partial charge is 0.310 e. The van der Waals surface area contributed by atoms with Gasteiger partial charge in [-0.15, -0.1) is 0 Å². The van der Waals surface area contributed by atoms with Crippen molar-refractivity contribution >= 4 is 23.0 Å². The molecule has 1 aromatic carbocycles. The molecular formula is C11H15ClN2O3. The first-order valence-corrected chi connectivity index (χ1v) is 5.66. The molecule has 0 atom stereocenters. The average Bonchev–Trinajstić information content (AvgIpc) is 2.29. The standard InChI is InChI=1S/C11H15ClN2O3/c1-3-13(7-8-17-2)10-6-4-5-9(12)11(10)14(15)16/h4-6H,3,7-8H2,1-2H3. The molecule has 17 heavy (non-hydrogen) atoms. The largest absolute Gasteiger partial charge is 0.383 e. The molecule has 0 aliphatic carbocycles. The Kier molecular flexibility index (Phi) is 5.18. The van der Waals surface area contributed by atoms with Crippen LogP contribution in [0, 0.1) is 10.1 Å². The fraction of sp³-hybridized carbons (Fsp3) is 0.455. The summed E-state index contributed by atoms with van der Waals surface area (Å²) in [4.78, 5) is 12.4. The number of nitro benzene ring substituents is 1. The molecular weight excluding hydrogens is 244 g/mol. The van der Waals surface area contributed by atoms with E-state index < -0.39 is 4.92 Å². The zero-order valence-corrected chi connectivity index (χ0v) is 10.6. The predicted molar refractivity (Wildman–Crippen MR) is 67.9 cm³/mol. The quantitative estimate of drug-likeness (QED) is 0.582. The first-order chi connectivity index (χ1) is 8.11. The highest BCUT2D eigenvalue weighted by atomic mass is 35.5. The van der Waals surface area contributed by atoms with Gasteiger partial charge < -0.3 is 9.64 Å². The molecule has 0 bridgehead atoms. The van der Waals surface area contributed by atoms with Crippen LogP contribution >= 0.6 is 11.6 Å². The Morgan fingerprint density at radius 3 is 2.76 bits per heavy atom. The Balaban J connectivity index is 3.09. The third-order valence-electron chi connectivity index (χ3n) is 2.44. The second kappa shape index (κ2) is 6.42. The van der Waals surface area contributed by atoms with Gasteiger partial charge in [0.25, 0.3) is 0 Å². The molecule has 0 spiro atoms. The zero-order valence-electron chi connectivity index (χ0n) is 9.85. The van der Waals surface area contributed by atoms with Gasteiger partial charge >= 0.3 is 5.69 Å². The van der Waals surface area contributed by atoms with E-state index in [9.17, 15) is 10.1 Å². The van der Waals surface area contributed by atoms with Gasteiger partial charge in [0.05, 0.1) is 11.5 Å². The Bertz CT molecular complexity index is 398. The molecule has 0 radical (unpaired) electrons. The Morgan fingerprint density at radius 2 is 2.24 bits per heavy atom. The number of hydrogen-bond acceptors (Lipinski definition) is 4. The van der Waals surface area contributed by atoms with Crippen molar-refractivity contribution in [2.45, 2.75) is 6.92 Å². The number of anilines is 1. The van der Waals surface area contributed by atoms with Gasteiger partial charge in [-0.2, -0.15) is 0 Å². The maximum atomic E-state index is 11.0. The number of hydrogen-bond donors (Lipinski definition) is 0. The van der Waals surface area contributed by atoms with Crippen molar-refractivity contribution in [3.05, 3.63) is 33.3 Å². The van der Waals surface area contributed by atoms with E-state index in [1.807, 2.05) is 11.8 Å². The molecule has 0 heterocycles. The summed E-state index contributed by atoms with van der Waals surface area (Å²) in [6, 6.07) is 4.93. The Labute approximate surface area is 105 Å². The summed E-state index contributed by atoms with van der Waals surface area (Å²) < 4.78 is 4.98. The molecule has 6 heteroatoms. The summed E-state index contributed by atoms with van der Waals surface area (Å²) in [5, 5.41) is 11.2. The second-order valence-electron chi connectivity index (χ2n) is 3.44. The van der Waals surface area contributed by atoms with Crippen LogP contribution in [0.3, 0.4) is 0 Å². The third-order valence-corrected chi connectivity index (χ3v) is 2.74. The van der Waals surface area contributed by atoms with Crippen LogP contribution in [0.1, 0.15) is 6.92 Å². The molecule has 0 fully saturated rings. The molecule has 0 aromatic heterocycles. The van der Waals surface area contributed by atoms with E-state index in [1.165, 1.54) is 6.07 Å². The summed E-state index contributed by atoms with van der Waals surface area (Å²) in [6.45, 7) is 3.69. The molecule has 0 saturated carbocycles. The van der Waals surface area contributed by atoms with E-state index in [4.69, 9.17) is 16.3 Å². The molecule has 0 unspecified atom stereocenters. The van der Waals surface area contributed by atoms with Crippen LogP contribution in [-0.4, -0.2) is 31.7 Å². The molecule has 0 saturated heterocycles. The van der Waals surface area contributed by atoms with Crippen molar-refractivity contribution in [2.75, 3.05) is 31.7 Å². The minimum absolute atomic E-state index is 0.0490. The number of methoxy groups -OCH3 is 1. The van der Waals surface area contributed by atoms with Crippen LogP contribution in [-0.2, 0) is 4.74 Å². The predicted octanol–water partition coefficient (Wildman–Crippen LogP) is 2.72. The molecule has 0 amide bonds. The highest BCUT2D eigenvalue weighted by Crippen LogP contribution is 2.34. The lowest BCUT2D eigenvalue weighted by Gasteiger charge is -2.22. The van der Waals surface area contributed by atoms with Gasteiger partial charge in [-0.1, -0.05) is 17.7 Å². The van der Waals surface area contributed by atoms with Crippen molar-refractivity contribution in [2.24, 2.45) is 0 Å². The van der Waals surface area contributed by atoms with Crippen LogP contribution < -0.4 is 4.90 Å². The number of benzene rings is 1. The number of halogens is 1. The van der Waals surface area contributed by atoms with Crippen molar-refractivity contribution in [3.63, 3.8) is 0 Å². The van der Waals surface area contributed by atoms with Gasteiger partial charge in [-0.3, -0.25) is 10.1 Å². The van der Waals surface area contributed by atoms with Gasteiger partial charge in [0.1, 0.15) is 10.7 Å². The number of para-hydroxylation sites is 1. The normalized spacial score (nSPS) is 10.3. The van der Waals surface area contributed by atoms with Crippen molar-refractivity contribution in [3.8, 4) is 0 Å². The van der Waals surface area contributed by atoms with E-state index in [1.54, 1.807) is 19.2 Å². The molecule has 0 aliphatic rings. The Hall–Kier alpha value is -1.33. The van der Waals surface area contributed by atoms with Crippen LogP contribution in [0.5, 0.6) is 0 Å². The highest BCUT2D eigenvalue weighted by Gasteiger charge is 2.21. The van der Waals surface area contributed by atoms with Crippen LogP contribution in [0.4, 0.5) is 11.4 Å². The number of ether oxygens (including phenoxy) is 1. The first kappa shape index (κ1) is 13.7. The molecule has 0 aliphatic heterocycles. The minimum Gasteiger partial charge on any atom is -0.383 e. The van der Waals surface area contributed by atoms with E-state index in [-0.39, 0.29) is 10.7 Å². The van der Waals surface area contributed by atoms with Crippen LogP contribution in [0.15, 0.2) is 18.2 Å². The van der Waals surface area contributed by atoms with Gasteiger partial charge in [0.15, 0.2) is 0 Å². The van der Waals surface area contributed by atoms with Crippen molar-refractivity contribution in [1.82, 2.24) is 0 Å². The Morgan fingerprint density at radius 1 is 1.53 bits per heavy atom. The summed E-state index contributed by atoms with van der Waals surface area (Å²) >= 11 is 5.86. The summed E-state index contributed by atoms with van der Waals surface area (Å²) in [5.74, 6) is 0. The second-order valence-corrected chi connectivity index (χ2v) is 3.84. The summed E-state index contributed by atoms with van der Waals surface area (Å²) in [5.41, 5.74) is 0.481. The van der Waals surface area contributed by atoms with Gasteiger partial charge in [-0.25, -0.2) is 0 Å².